The predicted molar refractivity (Wildman–Crippen MR) is 64.9 cm³/mol. The zero-order valence-corrected chi connectivity index (χ0v) is 8.97. The molecule has 0 fully saturated rings. The Morgan fingerprint density at radius 3 is 2.82 bits per heavy atom. The van der Waals surface area contributed by atoms with Gasteiger partial charge in [0.25, 0.3) is 0 Å². The molecule has 0 radical (unpaired) electrons. The van der Waals surface area contributed by atoms with Crippen LogP contribution in [0.25, 0.3) is 22.0 Å². The molecule has 2 nitrogen and oxygen atoms in total. The van der Waals surface area contributed by atoms with Gasteiger partial charge in [0.2, 0.25) is 0 Å². The average Bonchev–Trinajstić information content (AvgIpc) is 2.38. The Balaban J connectivity index is 2.30. The van der Waals surface area contributed by atoms with E-state index in [-0.39, 0.29) is 5.82 Å². The summed E-state index contributed by atoms with van der Waals surface area (Å²) >= 11 is 0. The molecule has 3 aromatic rings. The molecule has 0 bridgehead atoms. The Kier molecular flexibility index (Phi) is 2.29. The number of hydrogen-bond acceptors (Lipinski definition) is 2. The lowest BCUT2D eigenvalue weighted by Crippen LogP contribution is -1.86. The summed E-state index contributed by atoms with van der Waals surface area (Å²) < 4.78 is 13.2. The maximum Gasteiger partial charge on any atom is 0.142 e. The van der Waals surface area contributed by atoms with Crippen molar-refractivity contribution in [2.75, 3.05) is 0 Å². The van der Waals surface area contributed by atoms with E-state index in [0.29, 0.717) is 0 Å². The van der Waals surface area contributed by atoms with Crippen molar-refractivity contribution < 1.29 is 4.39 Å². The third-order valence-corrected chi connectivity index (χ3v) is 2.66. The first-order chi connectivity index (χ1) is 8.34. The van der Waals surface area contributed by atoms with Gasteiger partial charge in [0.1, 0.15) is 5.82 Å². The van der Waals surface area contributed by atoms with Gasteiger partial charge >= 0.3 is 0 Å². The quantitative estimate of drug-likeness (QED) is 0.632. The number of fused-ring (bicyclic) bond motifs is 1. The highest BCUT2D eigenvalue weighted by Crippen LogP contribution is 2.27. The molecular weight excluding hydrogens is 215 g/mol. The van der Waals surface area contributed by atoms with Gasteiger partial charge in [0.05, 0.1) is 11.7 Å². The Hall–Kier alpha value is -2.29. The molecule has 0 aliphatic carbocycles. The molecule has 0 aliphatic heterocycles. The minimum atomic E-state index is -0.330. The van der Waals surface area contributed by atoms with E-state index in [0.717, 1.165) is 22.0 Å². The van der Waals surface area contributed by atoms with E-state index in [9.17, 15) is 4.39 Å². The molecule has 17 heavy (non-hydrogen) atoms. The van der Waals surface area contributed by atoms with Crippen molar-refractivity contribution in [3.8, 4) is 11.1 Å². The minimum absolute atomic E-state index is 0.330. The van der Waals surface area contributed by atoms with Crippen molar-refractivity contribution >= 4 is 10.9 Å². The van der Waals surface area contributed by atoms with Gasteiger partial charge in [0, 0.05) is 23.3 Å². The summed E-state index contributed by atoms with van der Waals surface area (Å²) in [6.45, 7) is 0. The van der Waals surface area contributed by atoms with Gasteiger partial charge in [-0.3, -0.25) is 9.97 Å². The Morgan fingerprint density at radius 2 is 1.94 bits per heavy atom. The van der Waals surface area contributed by atoms with E-state index in [1.165, 1.54) is 12.3 Å². The van der Waals surface area contributed by atoms with Crippen molar-refractivity contribution in [3.05, 3.63) is 60.8 Å². The molecule has 82 valence electrons. The van der Waals surface area contributed by atoms with Crippen LogP contribution in [0.2, 0.25) is 0 Å². The summed E-state index contributed by atoms with van der Waals surface area (Å²) in [4.78, 5) is 8.15. The fourth-order valence-corrected chi connectivity index (χ4v) is 1.91. The lowest BCUT2D eigenvalue weighted by Gasteiger charge is -2.05. The summed E-state index contributed by atoms with van der Waals surface area (Å²) in [7, 11) is 0. The highest BCUT2D eigenvalue weighted by atomic mass is 19.1. The molecule has 0 N–H and O–H groups in total. The van der Waals surface area contributed by atoms with Crippen molar-refractivity contribution in [2.45, 2.75) is 0 Å². The standard InChI is InChI=1S/C14H9FN2/c15-11-7-10(8-16-9-11)12-3-1-5-14-13(12)4-2-6-17-14/h1-9H. The molecule has 3 rings (SSSR count). The minimum Gasteiger partial charge on any atom is -0.261 e. The number of rotatable bonds is 1. The monoisotopic (exact) mass is 224 g/mol. The van der Waals surface area contributed by atoms with E-state index in [2.05, 4.69) is 9.97 Å². The zero-order valence-electron chi connectivity index (χ0n) is 8.97. The summed E-state index contributed by atoms with van der Waals surface area (Å²) in [5.74, 6) is -0.330. The maximum atomic E-state index is 13.2. The van der Waals surface area contributed by atoms with E-state index in [1.807, 2.05) is 30.3 Å². The van der Waals surface area contributed by atoms with Crippen LogP contribution in [0.5, 0.6) is 0 Å². The SMILES string of the molecule is Fc1cncc(-c2cccc3ncccc23)c1. The van der Waals surface area contributed by atoms with Crippen molar-refractivity contribution in [3.63, 3.8) is 0 Å². The first-order valence-electron chi connectivity index (χ1n) is 5.29. The van der Waals surface area contributed by atoms with E-state index >= 15 is 0 Å². The molecule has 0 amide bonds. The second-order valence-electron chi connectivity index (χ2n) is 3.77. The maximum absolute atomic E-state index is 13.2. The van der Waals surface area contributed by atoms with Gasteiger partial charge in [0.15, 0.2) is 0 Å². The summed E-state index contributed by atoms with van der Waals surface area (Å²) in [5, 5.41) is 1.00. The predicted octanol–water partition coefficient (Wildman–Crippen LogP) is 3.44. The van der Waals surface area contributed by atoms with Gasteiger partial charge in [-0.2, -0.15) is 0 Å². The van der Waals surface area contributed by atoms with Crippen LogP contribution in [-0.4, -0.2) is 9.97 Å². The van der Waals surface area contributed by atoms with E-state index in [1.54, 1.807) is 12.4 Å². The number of aromatic nitrogens is 2. The Bertz CT molecular complexity index is 674. The van der Waals surface area contributed by atoms with Gasteiger partial charge in [-0.05, 0) is 23.8 Å². The second-order valence-corrected chi connectivity index (χ2v) is 3.77. The Labute approximate surface area is 97.8 Å². The number of hydrogen-bond donors (Lipinski definition) is 0. The van der Waals surface area contributed by atoms with E-state index < -0.39 is 0 Å². The smallest absolute Gasteiger partial charge is 0.142 e. The number of pyridine rings is 2. The summed E-state index contributed by atoms with van der Waals surface area (Å²) in [6, 6.07) is 11.1. The molecule has 0 aliphatic rings. The van der Waals surface area contributed by atoms with Crippen molar-refractivity contribution in [1.29, 1.82) is 0 Å². The highest BCUT2D eigenvalue weighted by Gasteiger charge is 2.04. The molecule has 0 atom stereocenters. The highest BCUT2D eigenvalue weighted by molar-refractivity contribution is 5.94. The van der Waals surface area contributed by atoms with Crippen LogP contribution in [0.1, 0.15) is 0 Å². The third-order valence-electron chi connectivity index (χ3n) is 2.66. The molecule has 0 unspecified atom stereocenters. The van der Waals surface area contributed by atoms with Gasteiger partial charge in [-0.15, -0.1) is 0 Å². The molecule has 3 heteroatoms. The zero-order chi connectivity index (χ0) is 11.7. The first-order valence-corrected chi connectivity index (χ1v) is 5.29. The number of halogens is 1. The van der Waals surface area contributed by atoms with Crippen LogP contribution in [0.4, 0.5) is 4.39 Å². The lowest BCUT2D eigenvalue weighted by molar-refractivity contribution is 0.622. The second kappa shape index (κ2) is 3.94. The third kappa shape index (κ3) is 1.76. The Morgan fingerprint density at radius 1 is 1.00 bits per heavy atom. The molecule has 0 spiro atoms. The van der Waals surface area contributed by atoms with Crippen molar-refractivity contribution in [2.24, 2.45) is 0 Å². The van der Waals surface area contributed by atoms with Gasteiger partial charge < -0.3 is 0 Å². The van der Waals surface area contributed by atoms with Gasteiger partial charge in [-0.25, -0.2) is 4.39 Å². The van der Waals surface area contributed by atoms with Gasteiger partial charge in [-0.1, -0.05) is 18.2 Å². The normalized spacial score (nSPS) is 10.6. The van der Waals surface area contributed by atoms with E-state index in [4.69, 9.17) is 0 Å². The number of nitrogens with zero attached hydrogens (tertiary/aromatic N) is 2. The van der Waals surface area contributed by atoms with Crippen LogP contribution in [0.3, 0.4) is 0 Å². The lowest BCUT2D eigenvalue weighted by atomic mass is 10.0. The molecule has 0 saturated carbocycles. The average molecular weight is 224 g/mol. The van der Waals surface area contributed by atoms with Crippen LogP contribution >= 0.6 is 0 Å². The first kappa shape index (κ1) is 9.90. The van der Waals surface area contributed by atoms with Crippen molar-refractivity contribution in [1.82, 2.24) is 9.97 Å². The van der Waals surface area contributed by atoms with Crippen LogP contribution in [0.15, 0.2) is 55.0 Å². The fraction of sp³-hybridized carbons (Fsp3) is 0. The summed E-state index contributed by atoms with van der Waals surface area (Å²) in [5.41, 5.74) is 2.61. The number of benzene rings is 1. The topological polar surface area (TPSA) is 25.8 Å². The molecule has 2 heterocycles. The molecule has 0 saturated heterocycles. The van der Waals surface area contributed by atoms with Crippen LogP contribution in [0, 0.1) is 5.82 Å². The molecule has 1 aromatic carbocycles. The molecular formula is C14H9FN2. The summed E-state index contributed by atoms with van der Waals surface area (Å²) in [6.07, 6.45) is 4.60. The van der Waals surface area contributed by atoms with Crippen LogP contribution in [-0.2, 0) is 0 Å². The fourth-order valence-electron chi connectivity index (χ4n) is 1.91. The molecule has 2 aromatic heterocycles. The largest absolute Gasteiger partial charge is 0.261 e. The van der Waals surface area contributed by atoms with Crippen LogP contribution < -0.4 is 0 Å².